The fourth-order valence-corrected chi connectivity index (χ4v) is 4.80. The zero-order chi connectivity index (χ0) is 24.7. The van der Waals surface area contributed by atoms with E-state index in [9.17, 15) is 9.59 Å². The highest BCUT2D eigenvalue weighted by atomic mass is 35.5. The molecule has 8 heteroatoms. The molecule has 1 heterocycles. The molecule has 180 valence electrons. The third kappa shape index (κ3) is 8.22. The molecule has 0 saturated heterocycles. The normalized spacial score (nSPS) is 13.2. The first-order valence-electron chi connectivity index (χ1n) is 11.3. The summed E-state index contributed by atoms with van der Waals surface area (Å²) in [5, 5.41) is 15.7. The van der Waals surface area contributed by atoms with Crippen molar-refractivity contribution in [3.8, 4) is 10.6 Å². The third-order valence-corrected chi connectivity index (χ3v) is 6.32. The molecule has 0 aliphatic heterocycles. The lowest BCUT2D eigenvalue weighted by molar-refractivity contribution is -0.127. The van der Waals surface area contributed by atoms with Crippen LogP contribution in [0, 0.1) is 11.3 Å². The van der Waals surface area contributed by atoms with Gasteiger partial charge in [-0.05, 0) is 35.4 Å². The van der Waals surface area contributed by atoms with Gasteiger partial charge in [-0.3, -0.25) is 14.9 Å². The number of anilines is 1. The van der Waals surface area contributed by atoms with E-state index in [4.69, 9.17) is 11.6 Å². The molecule has 2 aromatic carbocycles. The molecule has 2 N–H and O–H groups in total. The molecule has 1 aromatic heterocycles. The van der Waals surface area contributed by atoms with Gasteiger partial charge < -0.3 is 5.32 Å². The number of carbonyl (C=O) groups is 2. The van der Waals surface area contributed by atoms with Crippen LogP contribution in [-0.2, 0) is 16.0 Å². The summed E-state index contributed by atoms with van der Waals surface area (Å²) in [6.07, 6.45) is 1.68. The van der Waals surface area contributed by atoms with Gasteiger partial charge in [0, 0.05) is 23.4 Å². The SMILES string of the molecule is C[C@@H](CC(=O)N[C@H](Cc1ccccc1)C(=O)Nc1nnc(-c2ccc(Cl)cc2)s1)CC(C)(C)C. The van der Waals surface area contributed by atoms with Crippen LogP contribution in [0.1, 0.15) is 46.1 Å². The van der Waals surface area contributed by atoms with Gasteiger partial charge in [-0.15, -0.1) is 10.2 Å². The summed E-state index contributed by atoms with van der Waals surface area (Å²) in [6.45, 7) is 8.55. The van der Waals surface area contributed by atoms with Crippen LogP contribution in [0.25, 0.3) is 10.6 Å². The Morgan fingerprint density at radius 1 is 1.03 bits per heavy atom. The van der Waals surface area contributed by atoms with Crippen molar-refractivity contribution in [2.75, 3.05) is 5.32 Å². The number of benzene rings is 2. The number of halogens is 1. The first-order valence-corrected chi connectivity index (χ1v) is 12.5. The fourth-order valence-electron chi connectivity index (χ4n) is 3.92. The van der Waals surface area contributed by atoms with Crippen LogP contribution in [0.15, 0.2) is 54.6 Å². The Bertz CT molecular complexity index is 1090. The largest absolute Gasteiger partial charge is 0.344 e. The highest BCUT2D eigenvalue weighted by Crippen LogP contribution is 2.28. The van der Waals surface area contributed by atoms with Crippen molar-refractivity contribution in [1.29, 1.82) is 0 Å². The predicted molar refractivity (Wildman–Crippen MR) is 139 cm³/mol. The molecule has 0 bridgehead atoms. The van der Waals surface area contributed by atoms with Crippen molar-refractivity contribution in [1.82, 2.24) is 15.5 Å². The summed E-state index contributed by atoms with van der Waals surface area (Å²) < 4.78 is 0. The van der Waals surface area contributed by atoms with E-state index in [-0.39, 0.29) is 23.1 Å². The van der Waals surface area contributed by atoms with Crippen LogP contribution in [0.4, 0.5) is 5.13 Å². The lowest BCUT2D eigenvalue weighted by Gasteiger charge is -2.24. The minimum Gasteiger partial charge on any atom is -0.344 e. The van der Waals surface area contributed by atoms with Crippen molar-refractivity contribution in [3.05, 3.63) is 65.2 Å². The lowest BCUT2D eigenvalue weighted by atomic mass is 9.84. The second kappa shape index (κ2) is 11.6. The number of rotatable bonds is 9. The number of carbonyl (C=O) groups excluding carboxylic acids is 2. The fraction of sp³-hybridized carbons (Fsp3) is 0.385. The molecular formula is C26H31ClN4O2S. The van der Waals surface area contributed by atoms with E-state index in [0.29, 0.717) is 28.0 Å². The number of nitrogens with zero attached hydrogens (tertiary/aromatic N) is 2. The minimum absolute atomic E-state index is 0.132. The maximum Gasteiger partial charge on any atom is 0.249 e. The van der Waals surface area contributed by atoms with Crippen LogP contribution in [-0.4, -0.2) is 28.1 Å². The second-order valence-electron chi connectivity index (χ2n) is 9.79. The average Bonchev–Trinajstić information content (AvgIpc) is 3.21. The molecule has 0 fully saturated rings. The zero-order valence-corrected chi connectivity index (χ0v) is 21.5. The first-order chi connectivity index (χ1) is 16.1. The van der Waals surface area contributed by atoms with Crippen molar-refractivity contribution in [3.63, 3.8) is 0 Å². The van der Waals surface area contributed by atoms with E-state index < -0.39 is 6.04 Å². The predicted octanol–water partition coefficient (Wildman–Crippen LogP) is 5.99. The van der Waals surface area contributed by atoms with Gasteiger partial charge in [0.1, 0.15) is 11.0 Å². The van der Waals surface area contributed by atoms with Crippen LogP contribution in [0.5, 0.6) is 0 Å². The molecule has 0 saturated carbocycles. The van der Waals surface area contributed by atoms with E-state index in [1.807, 2.05) is 42.5 Å². The zero-order valence-electron chi connectivity index (χ0n) is 20.0. The lowest BCUT2D eigenvalue weighted by Crippen LogP contribution is -2.45. The van der Waals surface area contributed by atoms with Gasteiger partial charge in [0.25, 0.3) is 0 Å². The summed E-state index contributed by atoms with van der Waals surface area (Å²) >= 11 is 7.22. The van der Waals surface area contributed by atoms with Gasteiger partial charge >= 0.3 is 0 Å². The molecule has 0 spiro atoms. The van der Waals surface area contributed by atoms with Crippen LogP contribution in [0.2, 0.25) is 5.02 Å². The number of hydrogen-bond donors (Lipinski definition) is 2. The van der Waals surface area contributed by atoms with Gasteiger partial charge in [0.05, 0.1) is 0 Å². The van der Waals surface area contributed by atoms with Gasteiger partial charge in [0.15, 0.2) is 0 Å². The van der Waals surface area contributed by atoms with Crippen molar-refractivity contribution in [2.45, 2.75) is 53.0 Å². The molecule has 3 aromatic rings. The second-order valence-corrected chi connectivity index (χ2v) is 11.2. The Balaban J connectivity index is 1.69. The number of aromatic nitrogens is 2. The van der Waals surface area contributed by atoms with E-state index in [1.54, 1.807) is 12.1 Å². The standard InChI is InChI=1S/C26H31ClN4O2S/c1-17(16-26(2,3)4)14-22(32)28-21(15-18-8-6-5-7-9-18)23(33)29-25-31-30-24(34-25)19-10-12-20(27)13-11-19/h5-13,17,21H,14-16H2,1-4H3,(H,28,32)(H,29,31,33)/t17-,21+/m0/s1. The number of nitrogens with one attached hydrogen (secondary N) is 2. The quantitative estimate of drug-likeness (QED) is 0.379. The maximum absolute atomic E-state index is 13.2. The smallest absolute Gasteiger partial charge is 0.249 e. The summed E-state index contributed by atoms with van der Waals surface area (Å²) in [4.78, 5) is 25.9. The maximum atomic E-state index is 13.2. The molecule has 6 nitrogen and oxygen atoms in total. The minimum atomic E-state index is -0.723. The van der Waals surface area contributed by atoms with Gasteiger partial charge in [0.2, 0.25) is 16.9 Å². The molecule has 2 atom stereocenters. The van der Waals surface area contributed by atoms with Gasteiger partial charge in [-0.2, -0.15) is 0 Å². The Kier molecular flexibility index (Phi) is 8.80. The first kappa shape index (κ1) is 25.8. The molecule has 0 unspecified atom stereocenters. The Labute approximate surface area is 210 Å². The van der Waals surface area contributed by atoms with Crippen molar-refractivity contribution < 1.29 is 9.59 Å². The summed E-state index contributed by atoms with van der Waals surface area (Å²) in [5.74, 6) is -0.239. The Morgan fingerprint density at radius 3 is 2.35 bits per heavy atom. The molecule has 0 aliphatic carbocycles. The number of hydrogen-bond acceptors (Lipinski definition) is 5. The van der Waals surface area contributed by atoms with Gasteiger partial charge in [-0.25, -0.2) is 0 Å². The highest BCUT2D eigenvalue weighted by molar-refractivity contribution is 7.18. The average molecular weight is 499 g/mol. The van der Waals surface area contributed by atoms with Crippen molar-refractivity contribution >= 4 is 39.9 Å². The molecule has 2 amide bonds. The Hall–Kier alpha value is -2.77. The van der Waals surface area contributed by atoms with E-state index >= 15 is 0 Å². The van der Waals surface area contributed by atoms with E-state index in [2.05, 4.69) is 48.5 Å². The summed E-state index contributed by atoms with van der Waals surface area (Å²) in [7, 11) is 0. The Morgan fingerprint density at radius 2 is 1.71 bits per heavy atom. The van der Waals surface area contributed by atoms with Crippen LogP contribution in [0.3, 0.4) is 0 Å². The number of amides is 2. The summed E-state index contributed by atoms with van der Waals surface area (Å²) in [5.41, 5.74) is 1.97. The molecule has 0 aliphatic rings. The molecular weight excluding hydrogens is 468 g/mol. The molecule has 34 heavy (non-hydrogen) atoms. The van der Waals surface area contributed by atoms with Gasteiger partial charge in [-0.1, -0.05) is 93.1 Å². The monoisotopic (exact) mass is 498 g/mol. The topological polar surface area (TPSA) is 84.0 Å². The van der Waals surface area contributed by atoms with Crippen LogP contribution < -0.4 is 10.6 Å². The van der Waals surface area contributed by atoms with Crippen molar-refractivity contribution in [2.24, 2.45) is 11.3 Å². The van der Waals surface area contributed by atoms with E-state index in [1.165, 1.54) is 11.3 Å². The van der Waals surface area contributed by atoms with E-state index in [0.717, 1.165) is 17.5 Å². The summed E-state index contributed by atoms with van der Waals surface area (Å²) in [6, 6.07) is 16.2. The van der Waals surface area contributed by atoms with Crippen LogP contribution >= 0.6 is 22.9 Å². The highest BCUT2D eigenvalue weighted by Gasteiger charge is 2.24. The molecule has 0 radical (unpaired) electrons. The third-order valence-electron chi connectivity index (χ3n) is 5.18. The molecule has 3 rings (SSSR count).